The van der Waals surface area contributed by atoms with Crippen molar-refractivity contribution in [1.82, 2.24) is 0 Å². The highest BCUT2D eigenvalue weighted by Gasteiger charge is 2.73. The van der Waals surface area contributed by atoms with Crippen LogP contribution in [0.15, 0.2) is 18.2 Å². The second kappa shape index (κ2) is 4.74. The summed E-state index contributed by atoms with van der Waals surface area (Å²) in [5, 5.41) is 18.5. The fourth-order valence-electron chi connectivity index (χ4n) is 3.97. The van der Waals surface area contributed by atoms with Gasteiger partial charge in [0, 0.05) is 12.0 Å². The van der Waals surface area contributed by atoms with Gasteiger partial charge >= 0.3 is 11.9 Å². The highest BCUT2D eigenvalue weighted by atomic mass is 19.1. The second-order valence-corrected chi connectivity index (χ2v) is 6.16. The zero-order valence-corrected chi connectivity index (χ0v) is 11.5. The van der Waals surface area contributed by atoms with Crippen LogP contribution in [-0.4, -0.2) is 27.7 Å². The zero-order valence-electron chi connectivity index (χ0n) is 11.5. The number of fused-ring (bicyclic) bond motifs is 1. The Hall–Kier alpha value is -2.02. The highest BCUT2D eigenvalue weighted by molar-refractivity contribution is 5.85. The van der Waals surface area contributed by atoms with Gasteiger partial charge in [0.05, 0.1) is 5.92 Å². The van der Waals surface area contributed by atoms with Crippen molar-refractivity contribution in [2.24, 2.45) is 29.4 Å². The molecule has 3 rings (SSSR count). The standard InChI is InChI=1S/C15H15F2NO4/c16-8-2-1-6(10(17)5-8)3-7-4-9-11(13(19)20)12(9)15(7,18)14(21)22/h1-2,5,7,9,11-12H,3-4,18H2,(H,19,20)(H,21,22). The van der Waals surface area contributed by atoms with Gasteiger partial charge in [-0.05, 0) is 36.3 Å². The molecule has 2 aliphatic rings. The van der Waals surface area contributed by atoms with E-state index >= 15 is 0 Å². The Labute approximate surface area is 124 Å². The Kier molecular flexibility index (Phi) is 3.21. The summed E-state index contributed by atoms with van der Waals surface area (Å²) in [6, 6.07) is 3.11. The predicted octanol–water partition coefficient (Wildman–Crippen LogP) is 1.26. The Balaban J connectivity index is 1.86. The summed E-state index contributed by atoms with van der Waals surface area (Å²) >= 11 is 0. The first-order chi connectivity index (χ1) is 10.3. The van der Waals surface area contributed by atoms with Crippen molar-refractivity contribution in [2.45, 2.75) is 18.4 Å². The molecule has 0 saturated heterocycles. The summed E-state index contributed by atoms with van der Waals surface area (Å²) in [7, 11) is 0. The lowest BCUT2D eigenvalue weighted by molar-refractivity contribution is -0.147. The third-order valence-electron chi connectivity index (χ3n) is 5.09. The van der Waals surface area contributed by atoms with E-state index in [0.29, 0.717) is 6.42 Å². The molecular formula is C15H15F2NO4. The predicted molar refractivity (Wildman–Crippen MR) is 70.8 cm³/mol. The number of halogens is 2. The number of aliphatic carboxylic acids is 2. The topological polar surface area (TPSA) is 101 Å². The third-order valence-corrected chi connectivity index (χ3v) is 5.09. The van der Waals surface area contributed by atoms with Gasteiger partial charge in [0.2, 0.25) is 0 Å². The van der Waals surface area contributed by atoms with Crippen LogP contribution in [0.3, 0.4) is 0 Å². The van der Waals surface area contributed by atoms with Crippen LogP contribution in [0.25, 0.3) is 0 Å². The van der Waals surface area contributed by atoms with Gasteiger partial charge < -0.3 is 15.9 Å². The molecule has 4 N–H and O–H groups in total. The lowest BCUT2D eigenvalue weighted by Crippen LogP contribution is -2.55. The van der Waals surface area contributed by atoms with Gasteiger partial charge in [-0.1, -0.05) is 6.07 Å². The fraction of sp³-hybridized carbons (Fsp3) is 0.467. The molecule has 22 heavy (non-hydrogen) atoms. The smallest absolute Gasteiger partial charge is 0.324 e. The van der Waals surface area contributed by atoms with Crippen molar-refractivity contribution in [3.63, 3.8) is 0 Å². The number of rotatable bonds is 4. The van der Waals surface area contributed by atoms with Crippen LogP contribution in [0.5, 0.6) is 0 Å². The first-order valence-electron chi connectivity index (χ1n) is 6.95. The molecule has 2 saturated carbocycles. The molecule has 5 atom stereocenters. The summed E-state index contributed by atoms with van der Waals surface area (Å²) in [5.41, 5.74) is 4.53. The van der Waals surface area contributed by atoms with Crippen molar-refractivity contribution in [1.29, 1.82) is 0 Å². The molecule has 0 aliphatic heterocycles. The van der Waals surface area contributed by atoms with Crippen LogP contribution < -0.4 is 5.73 Å². The molecule has 7 heteroatoms. The van der Waals surface area contributed by atoms with E-state index < -0.39 is 46.9 Å². The number of hydrogen-bond donors (Lipinski definition) is 3. The van der Waals surface area contributed by atoms with Crippen LogP contribution in [0.2, 0.25) is 0 Å². The Morgan fingerprint density at radius 1 is 1.32 bits per heavy atom. The van der Waals surface area contributed by atoms with Gasteiger partial charge in [0.25, 0.3) is 0 Å². The Morgan fingerprint density at radius 3 is 2.55 bits per heavy atom. The van der Waals surface area contributed by atoms with E-state index in [1.165, 1.54) is 6.07 Å². The lowest BCUT2D eigenvalue weighted by Gasteiger charge is -2.31. The SMILES string of the molecule is NC1(C(=O)O)C(Cc2ccc(F)cc2F)CC2C(C(=O)O)C21. The fourth-order valence-corrected chi connectivity index (χ4v) is 3.97. The summed E-state index contributed by atoms with van der Waals surface area (Å²) < 4.78 is 26.7. The van der Waals surface area contributed by atoms with Crippen LogP contribution in [0.1, 0.15) is 12.0 Å². The van der Waals surface area contributed by atoms with Gasteiger partial charge in [-0.15, -0.1) is 0 Å². The minimum absolute atomic E-state index is 0.0499. The van der Waals surface area contributed by atoms with Crippen molar-refractivity contribution in [2.75, 3.05) is 0 Å². The average molecular weight is 311 g/mol. The molecule has 0 spiro atoms. The maximum atomic E-state index is 13.7. The third kappa shape index (κ3) is 1.99. The molecule has 5 unspecified atom stereocenters. The highest BCUT2D eigenvalue weighted by Crippen LogP contribution is 2.64. The number of carboxylic acids is 2. The minimum atomic E-state index is -1.69. The van der Waals surface area contributed by atoms with E-state index in [-0.39, 0.29) is 17.9 Å². The van der Waals surface area contributed by atoms with E-state index in [0.717, 1.165) is 12.1 Å². The van der Waals surface area contributed by atoms with Crippen molar-refractivity contribution >= 4 is 11.9 Å². The van der Waals surface area contributed by atoms with E-state index in [1.807, 2.05) is 0 Å². The van der Waals surface area contributed by atoms with Crippen molar-refractivity contribution < 1.29 is 28.6 Å². The molecule has 0 aromatic heterocycles. The summed E-state index contributed by atoms with van der Waals surface area (Å²) in [4.78, 5) is 22.7. The molecule has 1 aromatic carbocycles. The number of carboxylic acid groups (broad SMARTS) is 2. The van der Waals surface area contributed by atoms with E-state index in [4.69, 9.17) is 10.8 Å². The molecule has 2 aliphatic carbocycles. The number of nitrogens with two attached hydrogens (primary N) is 1. The summed E-state index contributed by atoms with van der Waals surface area (Å²) in [6.07, 6.45) is 0.371. The molecule has 2 fully saturated rings. The minimum Gasteiger partial charge on any atom is -0.481 e. The number of carbonyl (C=O) groups is 2. The largest absolute Gasteiger partial charge is 0.481 e. The number of benzene rings is 1. The molecule has 0 radical (unpaired) electrons. The summed E-state index contributed by atoms with van der Waals surface area (Å²) in [6.45, 7) is 0. The second-order valence-electron chi connectivity index (χ2n) is 6.16. The van der Waals surface area contributed by atoms with Gasteiger partial charge in [-0.25, -0.2) is 8.78 Å². The Morgan fingerprint density at radius 2 is 2.00 bits per heavy atom. The summed E-state index contributed by atoms with van der Waals surface area (Å²) in [5.74, 6) is -6.00. The van der Waals surface area contributed by atoms with E-state index in [2.05, 4.69) is 0 Å². The molecular weight excluding hydrogens is 296 g/mol. The van der Waals surface area contributed by atoms with Crippen LogP contribution in [0.4, 0.5) is 8.78 Å². The zero-order chi connectivity index (χ0) is 16.2. The molecule has 1 aromatic rings. The average Bonchev–Trinajstić information content (AvgIpc) is 3.07. The molecule has 5 nitrogen and oxygen atoms in total. The monoisotopic (exact) mass is 311 g/mol. The lowest BCUT2D eigenvalue weighted by atomic mass is 9.78. The molecule has 0 amide bonds. The Bertz CT molecular complexity index is 665. The van der Waals surface area contributed by atoms with Crippen molar-refractivity contribution in [3.8, 4) is 0 Å². The van der Waals surface area contributed by atoms with Crippen LogP contribution >= 0.6 is 0 Å². The van der Waals surface area contributed by atoms with Gasteiger partial charge in [-0.2, -0.15) is 0 Å². The molecule has 0 heterocycles. The van der Waals surface area contributed by atoms with E-state index in [1.54, 1.807) is 0 Å². The van der Waals surface area contributed by atoms with E-state index in [9.17, 15) is 23.5 Å². The molecule has 0 bridgehead atoms. The van der Waals surface area contributed by atoms with Gasteiger partial charge in [0.15, 0.2) is 0 Å². The first-order valence-corrected chi connectivity index (χ1v) is 6.95. The van der Waals surface area contributed by atoms with Crippen LogP contribution in [0, 0.1) is 35.3 Å². The van der Waals surface area contributed by atoms with Gasteiger partial charge in [0.1, 0.15) is 17.2 Å². The van der Waals surface area contributed by atoms with Crippen LogP contribution in [-0.2, 0) is 16.0 Å². The molecule has 118 valence electrons. The normalized spacial score (nSPS) is 36.0. The van der Waals surface area contributed by atoms with Gasteiger partial charge in [-0.3, -0.25) is 9.59 Å². The quantitative estimate of drug-likeness (QED) is 0.777. The maximum absolute atomic E-state index is 13.7. The van der Waals surface area contributed by atoms with Crippen molar-refractivity contribution in [3.05, 3.63) is 35.4 Å². The number of hydrogen-bond acceptors (Lipinski definition) is 3. The maximum Gasteiger partial charge on any atom is 0.324 e. The first kappa shape index (κ1) is 14.9.